The predicted octanol–water partition coefficient (Wildman–Crippen LogP) is 5.31. The molecule has 1 amide bonds. The van der Waals surface area contributed by atoms with Gasteiger partial charge in [-0.05, 0) is 45.2 Å². The molecule has 5 nitrogen and oxygen atoms in total. The van der Waals surface area contributed by atoms with E-state index in [0.29, 0.717) is 5.56 Å². The lowest BCUT2D eigenvalue weighted by Gasteiger charge is -2.23. The second kappa shape index (κ2) is 10.00. The first-order valence-electron chi connectivity index (χ1n) is 11.8. The Hall–Kier alpha value is -3.15. The van der Waals surface area contributed by atoms with Crippen molar-refractivity contribution >= 4 is 6.09 Å². The van der Waals surface area contributed by atoms with E-state index in [2.05, 4.69) is 50.4 Å². The molecule has 1 aliphatic carbocycles. The molecular formula is C29H33NO4. The number of aliphatic hydroxyl groups excluding tert-OH is 2. The van der Waals surface area contributed by atoms with E-state index in [1.165, 1.54) is 11.1 Å². The lowest BCUT2D eigenvalue weighted by molar-refractivity contribution is 0.0136. The summed E-state index contributed by atoms with van der Waals surface area (Å²) in [6, 6.07) is 24.0. The topological polar surface area (TPSA) is 78.8 Å². The maximum absolute atomic E-state index is 12.3. The van der Waals surface area contributed by atoms with Crippen molar-refractivity contribution in [1.82, 2.24) is 5.32 Å². The fourth-order valence-corrected chi connectivity index (χ4v) is 4.54. The summed E-state index contributed by atoms with van der Waals surface area (Å²) < 4.78 is 5.53. The minimum absolute atomic E-state index is 0.000607. The van der Waals surface area contributed by atoms with Crippen molar-refractivity contribution in [1.29, 1.82) is 0 Å². The summed E-state index contributed by atoms with van der Waals surface area (Å²) in [5.41, 5.74) is 6.39. The number of carbonyl (C=O) groups is 1. The molecule has 0 heterocycles. The third kappa shape index (κ3) is 5.16. The quantitative estimate of drug-likeness (QED) is 0.448. The maximum atomic E-state index is 12.3. The first kappa shape index (κ1) is 24.0. The number of hydrogen-bond donors (Lipinski definition) is 3. The van der Waals surface area contributed by atoms with Crippen LogP contribution in [0.3, 0.4) is 0 Å². The number of alkyl carbamates (subject to hydrolysis) is 1. The standard InChI is InChI=1S/C29H33NO4/c1-29(2,3)20-10-8-9-19(17-20)27(32)26(31)15-16-30-28(33)34-18-25-23-13-6-4-11-21(23)22-12-5-7-14-24(22)25/h4-14,17,25-27,31-32H,15-16,18H2,1-3H3,(H,30,33). The number of fused-ring (bicyclic) bond motifs is 3. The number of amides is 1. The maximum Gasteiger partial charge on any atom is 0.407 e. The van der Waals surface area contributed by atoms with Gasteiger partial charge in [0.15, 0.2) is 0 Å². The van der Waals surface area contributed by atoms with Crippen molar-refractivity contribution in [2.75, 3.05) is 13.2 Å². The summed E-state index contributed by atoms with van der Waals surface area (Å²) in [4.78, 5) is 12.3. The zero-order valence-electron chi connectivity index (χ0n) is 20.0. The second-order valence-corrected chi connectivity index (χ2v) is 9.93. The van der Waals surface area contributed by atoms with Gasteiger partial charge < -0.3 is 20.3 Å². The first-order chi connectivity index (χ1) is 16.3. The summed E-state index contributed by atoms with van der Waals surface area (Å²) in [7, 11) is 0. The van der Waals surface area contributed by atoms with E-state index in [4.69, 9.17) is 4.74 Å². The number of ether oxygens (including phenoxy) is 1. The van der Waals surface area contributed by atoms with Crippen LogP contribution in [0.4, 0.5) is 4.79 Å². The first-order valence-corrected chi connectivity index (χ1v) is 11.8. The molecule has 3 aromatic carbocycles. The minimum atomic E-state index is -1.02. The minimum Gasteiger partial charge on any atom is -0.449 e. The Bertz CT molecular complexity index is 1110. The Balaban J connectivity index is 1.28. The van der Waals surface area contributed by atoms with Crippen LogP contribution in [0.2, 0.25) is 0 Å². The third-order valence-corrected chi connectivity index (χ3v) is 6.51. The molecule has 0 saturated carbocycles. The highest BCUT2D eigenvalue weighted by atomic mass is 16.5. The van der Waals surface area contributed by atoms with Gasteiger partial charge in [-0.15, -0.1) is 0 Å². The summed E-state index contributed by atoms with van der Waals surface area (Å²) in [6.07, 6.45) is -2.33. The SMILES string of the molecule is CC(C)(C)c1cccc(C(O)C(O)CCNC(=O)OCC2c3ccccc3-c3ccccc32)c1. The van der Waals surface area contributed by atoms with E-state index < -0.39 is 18.3 Å². The summed E-state index contributed by atoms with van der Waals surface area (Å²) in [5, 5.41) is 23.7. The molecule has 4 rings (SSSR count). The van der Waals surface area contributed by atoms with Gasteiger partial charge in [-0.1, -0.05) is 93.6 Å². The Labute approximate surface area is 201 Å². The molecule has 2 unspecified atom stereocenters. The molecule has 34 heavy (non-hydrogen) atoms. The molecule has 2 atom stereocenters. The van der Waals surface area contributed by atoms with Crippen LogP contribution in [0, 0.1) is 0 Å². The molecule has 0 spiro atoms. The van der Waals surface area contributed by atoms with E-state index in [9.17, 15) is 15.0 Å². The lowest BCUT2D eigenvalue weighted by atomic mass is 9.85. The third-order valence-electron chi connectivity index (χ3n) is 6.51. The Kier molecular flexibility index (Phi) is 7.05. The van der Waals surface area contributed by atoms with Gasteiger partial charge in [0, 0.05) is 12.5 Å². The summed E-state index contributed by atoms with van der Waals surface area (Å²) in [5.74, 6) is 0.000607. The number of aliphatic hydroxyl groups is 2. The second-order valence-electron chi connectivity index (χ2n) is 9.93. The summed E-state index contributed by atoms with van der Waals surface area (Å²) in [6.45, 7) is 6.76. The van der Waals surface area contributed by atoms with E-state index in [1.807, 2.05) is 48.5 Å². The van der Waals surface area contributed by atoms with Gasteiger partial charge >= 0.3 is 6.09 Å². The number of benzene rings is 3. The number of hydrogen-bond acceptors (Lipinski definition) is 4. The van der Waals surface area contributed by atoms with Gasteiger partial charge in [-0.2, -0.15) is 0 Å². The average Bonchev–Trinajstić information content (AvgIpc) is 3.15. The molecular weight excluding hydrogens is 426 g/mol. The predicted molar refractivity (Wildman–Crippen MR) is 134 cm³/mol. The summed E-state index contributed by atoms with van der Waals surface area (Å²) >= 11 is 0. The molecule has 3 N–H and O–H groups in total. The van der Waals surface area contributed by atoms with E-state index in [-0.39, 0.29) is 30.9 Å². The molecule has 1 aliphatic rings. The van der Waals surface area contributed by atoms with Crippen molar-refractivity contribution in [3.8, 4) is 11.1 Å². The lowest BCUT2D eigenvalue weighted by Crippen LogP contribution is -2.30. The number of rotatable bonds is 7. The van der Waals surface area contributed by atoms with Gasteiger partial charge in [-0.3, -0.25) is 0 Å². The Morgan fingerprint density at radius 2 is 1.56 bits per heavy atom. The van der Waals surface area contributed by atoms with Gasteiger partial charge in [0.2, 0.25) is 0 Å². The molecule has 3 aromatic rings. The highest BCUT2D eigenvalue weighted by molar-refractivity contribution is 5.79. The fourth-order valence-electron chi connectivity index (χ4n) is 4.54. The highest BCUT2D eigenvalue weighted by Gasteiger charge is 2.29. The molecule has 0 saturated heterocycles. The van der Waals surface area contributed by atoms with Crippen molar-refractivity contribution in [3.05, 3.63) is 95.1 Å². The van der Waals surface area contributed by atoms with Crippen LogP contribution < -0.4 is 5.32 Å². The van der Waals surface area contributed by atoms with E-state index in [1.54, 1.807) is 0 Å². The molecule has 0 aliphatic heterocycles. The van der Waals surface area contributed by atoms with Crippen LogP contribution in [-0.4, -0.2) is 35.6 Å². The molecule has 178 valence electrons. The zero-order chi connectivity index (χ0) is 24.3. The normalized spacial score (nSPS) is 14.7. The van der Waals surface area contributed by atoms with E-state index >= 15 is 0 Å². The Morgan fingerprint density at radius 3 is 2.18 bits per heavy atom. The fraction of sp³-hybridized carbons (Fsp3) is 0.345. The molecule has 5 heteroatoms. The van der Waals surface area contributed by atoms with Gasteiger partial charge in [0.05, 0.1) is 6.10 Å². The van der Waals surface area contributed by atoms with Gasteiger partial charge in [0.1, 0.15) is 12.7 Å². The van der Waals surface area contributed by atoms with Crippen molar-refractivity contribution in [2.24, 2.45) is 0 Å². The Morgan fingerprint density at radius 1 is 0.941 bits per heavy atom. The van der Waals surface area contributed by atoms with Crippen molar-refractivity contribution in [2.45, 2.75) is 50.7 Å². The van der Waals surface area contributed by atoms with Crippen molar-refractivity contribution < 1.29 is 19.7 Å². The number of nitrogens with one attached hydrogen (secondary N) is 1. The van der Waals surface area contributed by atoms with Crippen LogP contribution in [0.1, 0.15) is 61.5 Å². The molecule has 0 aromatic heterocycles. The largest absolute Gasteiger partial charge is 0.449 e. The van der Waals surface area contributed by atoms with E-state index in [0.717, 1.165) is 16.7 Å². The molecule has 0 bridgehead atoms. The monoisotopic (exact) mass is 459 g/mol. The van der Waals surface area contributed by atoms with Crippen LogP contribution in [-0.2, 0) is 10.2 Å². The van der Waals surface area contributed by atoms with Crippen LogP contribution in [0.25, 0.3) is 11.1 Å². The van der Waals surface area contributed by atoms with Crippen molar-refractivity contribution in [3.63, 3.8) is 0 Å². The zero-order valence-corrected chi connectivity index (χ0v) is 20.0. The number of carbonyl (C=O) groups excluding carboxylic acids is 1. The highest BCUT2D eigenvalue weighted by Crippen LogP contribution is 2.44. The van der Waals surface area contributed by atoms with Crippen LogP contribution >= 0.6 is 0 Å². The van der Waals surface area contributed by atoms with Gasteiger partial charge in [0.25, 0.3) is 0 Å². The molecule has 0 fully saturated rings. The van der Waals surface area contributed by atoms with Crippen LogP contribution in [0.15, 0.2) is 72.8 Å². The van der Waals surface area contributed by atoms with Gasteiger partial charge in [-0.25, -0.2) is 4.79 Å². The van der Waals surface area contributed by atoms with Crippen LogP contribution in [0.5, 0.6) is 0 Å². The smallest absolute Gasteiger partial charge is 0.407 e. The average molecular weight is 460 g/mol. The molecule has 0 radical (unpaired) electrons.